The third kappa shape index (κ3) is 1.67. The Morgan fingerprint density at radius 1 is 1.64 bits per heavy atom. The van der Waals surface area contributed by atoms with Gasteiger partial charge in [-0.05, 0) is 19.3 Å². The number of rotatable bonds is 4. The summed E-state index contributed by atoms with van der Waals surface area (Å²) in [5.74, 6) is 1.02. The second-order valence-corrected chi connectivity index (χ2v) is 4.10. The molecule has 0 aromatic carbocycles. The molecule has 1 aromatic rings. The van der Waals surface area contributed by atoms with Crippen LogP contribution in [0.4, 0.5) is 0 Å². The van der Waals surface area contributed by atoms with E-state index in [1.165, 1.54) is 6.42 Å². The van der Waals surface area contributed by atoms with E-state index >= 15 is 0 Å². The van der Waals surface area contributed by atoms with E-state index in [0.29, 0.717) is 0 Å². The first-order valence-electron chi connectivity index (χ1n) is 5.08. The highest BCUT2D eigenvalue weighted by molar-refractivity contribution is 4.98. The van der Waals surface area contributed by atoms with Crippen LogP contribution >= 0.6 is 0 Å². The van der Waals surface area contributed by atoms with Gasteiger partial charge in [-0.15, -0.1) is 0 Å². The predicted molar refractivity (Wildman–Crippen MR) is 53.7 cm³/mol. The van der Waals surface area contributed by atoms with E-state index < -0.39 is 0 Å². The van der Waals surface area contributed by atoms with Crippen molar-refractivity contribution in [2.75, 3.05) is 6.61 Å². The maximum Gasteiger partial charge on any atom is 0.122 e. The van der Waals surface area contributed by atoms with Crippen molar-refractivity contribution in [1.29, 1.82) is 0 Å². The van der Waals surface area contributed by atoms with Crippen molar-refractivity contribution in [2.45, 2.75) is 31.3 Å². The van der Waals surface area contributed by atoms with Crippen molar-refractivity contribution < 1.29 is 5.11 Å². The topological polar surface area (TPSA) is 50.1 Å². The Labute approximate surface area is 84.0 Å². The van der Waals surface area contributed by atoms with Crippen LogP contribution in [0.1, 0.15) is 25.1 Å². The zero-order valence-electron chi connectivity index (χ0n) is 8.53. The molecule has 0 spiro atoms. The van der Waals surface area contributed by atoms with Gasteiger partial charge < -0.3 is 15.0 Å². The second kappa shape index (κ2) is 3.71. The minimum absolute atomic E-state index is 0.0219. The van der Waals surface area contributed by atoms with Gasteiger partial charge in [-0.3, -0.25) is 0 Å². The lowest BCUT2D eigenvalue weighted by Crippen LogP contribution is -2.53. The van der Waals surface area contributed by atoms with Crippen molar-refractivity contribution >= 4 is 0 Å². The molecule has 1 aromatic heterocycles. The first-order chi connectivity index (χ1) is 6.76. The highest BCUT2D eigenvalue weighted by atomic mass is 16.3. The number of nitrogens with zero attached hydrogens (tertiary/aromatic N) is 2. The largest absolute Gasteiger partial charge is 0.394 e. The number of imidazole rings is 1. The maximum atomic E-state index is 9.24. The smallest absolute Gasteiger partial charge is 0.122 e. The normalized spacial score (nSPS) is 19.3. The van der Waals surface area contributed by atoms with Gasteiger partial charge in [-0.1, -0.05) is 0 Å². The molecule has 0 saturated heterocycles. The van der Waals surface area contributed by atoms with Gasteiger partial charge in [0.25, 0.3) is 0 Å². The Morgan fingerprint density at radius 2 is 2.43 bits per heavy atom. The number of nitrogens with one attached hydrogen (secondary N) is 1. The Bertz CT molecular complexity index is 299. The van der Waals surface area contributed by atoms with E-state index in [1.807, 2.05) is 17.8 Å². The average Bonchev–Trinajstić information content (AvgIpc) is 2.51. The molecule has 4 heteroatoms. The molecule has 2 N–H and O–H groups in total. The first kappa shape index (κ1) is 9.68. The summed E-state index contributed by atoms with van der Waals surface area (Å²) in [7, 11) is 1.98. The van der Waals surface area contributed by atoms with Gasteiger partial charge >= 0.3 is 0 Å². The number of aliphatic hydroxyl groups excluding tert-OH is 1. The highest BCUT2D eigenvalue weighted by Gasteiger charge is 2.35. The first-order valence-corrected chi connectivity index (χ1v) is 5.08. The molecular weight excluding hydrogens is 178 g/mol. The van der Waals surface area contributed by atoms with Gasteiger partial charge in [0.15, 0.2) is 0 Å². The Balaban J connectivity index is 1.90. The Morgan fingerprint density at radius 3 is 2.86 bits per heavy atom. The van der Waals surface area contributed by atoms with Crippen molar-refractivity contribution in [3.63, 3.8) is 0 Å². The third-order valence-corrected chi connectivity index (χ3v) is 3.16. The number of hydrogen-bond acceptors (Lipinski definition) is 3. The zero-order chi connectivity index (χ0) is 10.0. The molecule has 2 rings (SSSR count). The fourth-order valence-electron chi connectivity index (χ4n) is 1.83. The lowest BCUT2D eigenvalue weighted by molar-refractivity contribution is 0.0862. The molecule has 0 unspecified atom stereocenters. The van der Waals surface area contributed by atoms with E-state index in [2.05, 4.69) is 10.3 Å². The summed E-state index contributed by atoms with van der Waals surface area (Å²) in [4.78, 5) is 4.23. The van der Waals surface area contributed by atoms with Gasteiger partial charge in [0.1, 0.15) is 5.82 Å². The number of aliphatic hydroxyl groups is 1. The summed E-state index contributed by atoms with van der Waals surface area (Å²) < 4.78 is 2.00. The van der Waals surface area contributed by atoms with Crippen molar-refractivity contribution in [1.82, 2.24) is 14.9 Å². The number of aromatic nitrogens is 2. The van der Waals surface area contributed by atoms with Gasteiger partial charge in [-0.25, -0.2) is 4.98 Å². The van der Waals surface area contributed by atoms with Crippen molar-refractivity contribution in [3.05, 3.63) is 18.2 Å². The molecule has 0 aliphatic heterocycles. The summed E-state index contributed by atoms with van der Waals surface area (Å²) >= 11 is 0. The summed E-state index contributed by atoms with van der Waals surface area (Å²) in [5.41, 5.74) is -0.0219. The Kier molecular flexibility index (Phi) is 2.56. The molecule has 14 heavy (non-hydrogen) atoms. The maximum absolute atomic E-state index is 9.24. The summed E-state index contributed by atoms with van der Waals surface area (Å²) in [5, 5.41) is 12.6. The highest BCUT2D eigenvalue weighted by Crippen LogP contribution is 2.31. The van der Waals surface area contributed by atoms with Crippen LogP contribution in [0.5, 0.6) is 0 Å². The lowest BCUT2D eigenvalue weighted by atomic mass is 9.77. The molecule has 0 amide bonds. The van der Waals surface area contributed by atoms with Crippen LogP contribution in [0.2, 0.25) is 0 Å². The molecule has 78 valence electrons. The molecule has 0 atom stereocenters. The summed E-state index contributed by atoms with van der Waals surface area (Å²) in [6.07, 6.45) is 7.10. The van der Waals surface area contributed by atoms with Gasteiger partial charge in [0.2, 0.25) is 0 Å². The zero-order valence-corrected chi connectivity index (χ0v) is 8.53. The van der Waals surface area contributed by atoms with Gasteiger partial charge in [0, 0.05) is 25.0 Å². The van der Waals surface area contributed by atoms with E-state index in [9.17, 15) is 5.11 Å². The molecular formula is C10H17N3O. The second-order valence-electron chi connectivity index (χ2n) is 4.10. The molecule has 1 fully saturated rings. The van der Waals surface area contributed by atoms with Crippen LogP contribution in [0.3, 0.4) is 0 Å². The lowest BCUT2D eigenvalue weighted by Gasteiger charge is -2.41. The fourth-order valence-corrected chi connectivity index (χ4v) is 1.83. The van der Waals surface area contributed by atoms with E-state index in [1.54, 1.807) is 6.20 Å². The van der Waals surface area contributed by atoms with Crippen LogP contribution in [0.25, 0.3) is 0 Å². The minimum Gasteiger partial charge on any atom is -0.394 e. The monoisotopic (exact) mass is 195 g/mol. The fraction of sp³-hybridized carbons (Fsp3) is 0.700. The standard InChI is InChI=1S/C10H17N3O/c1-13-6-5-11-9(13)7-12-10(8-14)3-2-4-10/h5-6,12,14H,2-4,7-8H2,1H3. The minimum atomic E-state index is -0.0219. The predicted octanol–water partition coefficient (Wildman–Crippen LogP) is 0.425. The van der Waals surface area contributed by atoms with Crippen molar-refractivity contribution in [2.24, 2.45) is 7.05 Å². The van der Waals surface area contributed by atoms with Crippen LogP contribution < -0.4 is 5.32 Å². The number of aryl methyl sites for hydroxylation is 1. The molecule has 1 aliphatic carbocycles. The van der Waals surface area contributed by atoms with Crippen molar-refractivity contribution in [3.8, 4) is 0 Å². The van der Waals surface area contributed by atoms with E-state index in [0.717, 1.165) is 25.2 Å². The summed E-state index contributed by atoms with van der Waals surface area (Å²) in [6.45, 7) is 0.974. The van der Waals surface area contributed by atoms with Gasteiger partial charge in [-0.2, -0.15) is 0 Å². The Hall–Kier alpha value is -0.870. The average molecular weight is 195 g/mol. The third-order valence-electron chi connectivity index (χ3n) is 3.16. The van der Waals surface area contributed by atoms with Crippen LogP contribution in [-0.4, -0.2) is 26.8 Å². The van der Waals surface area contributed by atoms with Crippen LogP contribution in [-0.2, 0) is 13.6 Å². The summed E-state index contributed by atoms with van der Waals surface area (Å²) in [6, 6.07) is 0. The SMILES string of the molecule is Cn1ccnc1CNC1(CO)CCC1. The molecule has 0 radical (unpaired) electrons. The molecule has 1 saturated carbocycles. The molecule has 1 heterocycles. The number of hydrogen-bond donors (Lipinski definition) is 2. The van der Waals surface area contributed by atoms with E-state index in [-0.39, 0.29) is 12.1 Å². The molecule has 0 bridgehead atoms. The van der Waals surface area contributed by atoms with Crippen LogP contribution in [0, 0.1) is 0 Å². The van der Waals surface area contributed by atoms with Gasteiger partial charge in [0.05, 0.1) is 13.2 Å². The quantitative estimate of drug-likeness (QED) is 0.732. The van der Waals surface area contributed by atoms with E-state index in [4.69, 9.17) is 0 Å². The molecule has 4 nitrogen and oxygen atoms in total. The van der Waals surface area contributed by atoms with Crippen LogP contribution in [0.15, 0.2) is 12.4 Å². The molecule has 1 aliphatic rings.